The number of aromatic nitrogens is 1. The molecule has 3 aromatic rings. The largest absolute Gasteiger partial charge is 0.323 e. The highest BCUT2D eigenvalue weighted by Gasteiger charge is 2.44. The minimum absolute atomic E-state index is 0.104. The number of rotatable bonds is 3. The van der Waals surface area contributed by atoms with Crippen LogP contribution in [0.3, 0.4) is 0 Å². The molecule has 5 nitrogen and oxygen atoms in total. The van der Waals surface area contributed by atoms with E-state index in [4.69, 9.17) is 0 Å². The molecule has 1 atom stereocenters. The second-order valence-electron chi connectivity index (χ2n) is 7.97. The lowest BCUT2D eigenvalue weighted by atomic mass is 10.0. The summed E-state index contributed by atoms with van der Waals surface area (Å²) in [6, 6.07) is 16.8. The molecule has 30 heavy (non-hydrogen) atoms. The van der Waals surface area contributed by atoms with Crippen LogP contribution in [0.15, 0.2) is 60.8 Å². The van der Waals surface area contributed by atoms with Gasteiger partial charge in [-0.25, -0.2) is 0 Å². The number of nitrogens with zero attached hydrogens (tertiary/aromatic N) is 2. The van der Waals surface area contributed by atoms with Gasteiger partial charge in [-0.05, 0) is 50.5 Å². The van der Waals surface area contributed by atoms with E-state index in [1.165, 1.54) is 0 Å². The third-order valence-electron chi connectivity index (χ3n) is 5.68. The Balaban J connectivity index is 1.83. The third kappa shape index (κ3) is 3.47. The number of carbonyl (C=O) groups excluding carboxylic acids is 2. The van der Waals surface area contributed by atoms with E-state index in [0.717, 1.165) is 39.3 Å². The van der Waals surface area contributed by atoms with Gasteiger partial charge in [-0.2, -0.15) is 4.57 Å². The van der Waals surface area contributed by atoms with E-state index in [2.05, 4.69) is 5.32 Å². The first-order valence-electron chi connectivity index (χ1n) is 10.1. The maximum atomic E-state index is 13.6. The zero-order chi connectivity index (χ0) is 21.4. The minimum atomic E-state index is -0.757. The molecule has 0 fully saturated rings. The molecule has 2 amide bonds. The second kappa shape index (κ2) is 7.75. The van der Waals surface area contributed by atoms with E-state index in [1.807, 2.05) is 93.1 Å². The average molecular weight is 401 g/mol. The summed E-state index contributed by atoms with van der Waals surface area (Å²) in [6.07, 6.45) is 1.85. The van der Waals surface area contributed by atoms with E-state index in [-0.39, 0.29) is 18.4 Å². The maximum Gasteiger partial charge on any atom is 0.294 e. The van der Waals surface area contributed by atoms with Crippen molar-refractivity contribution < 1.29 is 14.2 Å². The average Bonchev–Trinajstić information content (AvgIpc) is 2.70. The van der Waals surface area contributed by atoms with Gasteiger partial charge in [0.1, 0.15) is 0 Å². The molecule has 0 aliphatic carbocycles. The van der Waals surface area contributed by atoms with Crippen LogP contribution in [-0.4, -0.2) is 11.8 Å². The number of amides is 2. The zero-order valence-electron chi connectivity index (χ0n) is 17.8. The molecule has 5 heteroatoms. The normalized spacial score (nSPS) is 15.7. The first-order chi connectivity index (χ1) is 14.4. The molecule has 2 aromatic carbocycles. The maximum absolute atomic E-state index is 13.6. The quantitative estimate of drug-likeness (QED) is 0.677. The van der Waals surface area contributed by atoms with E-state index in [9.17, 15) is 9.59 Å². The fraction of sp³-hybridized carbons (Fsp3) is 0.240. The Hall–Kier alpha value is -3.47. The van der Waals surface area contributed by atoms with E-state index < -0.39 is 6.04 Å². The number of carbonyl (C=O) groups is 2. The van der Waals surface area contributed by atoms with Crippen LogP contribution in [0.1, 0.15) is 34.0 Å². The number of nitrogens with one attached hydrogen (secondary N) is 1. The predicted molar refractivity (Wildman–Crippen MR) is 117 cm³/mol. The number of para-hydroxylation sites is 1. The standard InChI is InChI=1S/C25H25N3O2/c1-16-11-12-20(19(4)14-16)28-22(29)15-27-13-6-5-10-21(27)24(28)25(30)26-23-17(2)8-7-9-18(23)3/h5-14,24H,15H2,1-4H3/p+1. The molecular formula is C25H26N3O2+. The molecule has 152 valence electrons. The van der Waals surface area contributed by atoms with Gasteiger partial charge in [-0.15, -0.1) is 0 Å². The van der Waals surface area contributed by atoms with Gasteiger partial charge in [0.15, 0.2) is 6.20 Å². The Morgan fingerprint density at radius 1 is 0.967 bits per heavy atom. The molecule has 1 unspecified atom stereocenters. The van der Waals surface area contributed by atoms with Crippen molar-refractivity contribution in [2.45, 2.75) is 40.3 Å². The number of benzene rings is 2. The van der Waals surface area contributed by atoms with Gasteiger partial charge >= 0.3 is 0 Å². The Morgan fingerprint density at radius 3 is 2.40 bits per heavy atom. The van der Waals surface area contributed by atoms with Crippen LogP contribution in [0, 0.1) is 27.7 Å². The van der Waals surface area contributed by atoms with E-state index in [1.54, 1.807) is 4.90 Å². The van der Waals surface area contributed by atoms with Crippen molar-refractivity contribution in [2.24, 2.45) is 0 Å². The van der Waals surface area contributed by atoms with Gasteiger partial charge < -0.3 is 5.32 Å². The first-order valence-corrected chi connectivity index (χ1v) is 10.1. The van der Waals surface area contributed by atoms with Crippen molar-refractivity contribution in [2.75, 3.05) is 10.2 Å². The van der Waals surface area contributed by atoms with Gasteiger partial charge in [0.05, 0.1) is 0 Å². The summed E-state index contributed by atoms with van der Waals surface area (Å²) in [6.45, 7) is 8.14. The van der Waals surface area contributed by atoms with Crippen LogP contribution in [0.4, 0.5) is 11.4 Å². The SMILES string of the molecule is Cc1ccc(N2C(=O)C[n+]3ccccc3C2C(=O)Nc2c(C)cccc2C)c(C)c1. The van der Waals surface area contributed by atoms with Gasteiger partial charge in [0, 0.05) is 23.5 Å². The van der Waals surface area contributed by atoms with Crippen LogP contribution in [-0.2, 0) is 16.1 Å². The molecule has 1 N–H and O–H groups in total. The molecule has 2 heterocycles. The Labute approximate surface area is 177 Å². The van der Waals surface area contributed by atoms with Crippen molar-refractivity contribution in [3.8, 4) is 0 Å². The molecule has 4 rings (SSSR count). The van der Waals surface area contributed by atoms with Crippen molar-refractivity contribution in [1.82, 2.24) is 0 Å². The van der Waals surface area contributed by atoms with Gasteiger partial charge in [-0.1, -0.05) is 42.0 Å². The number of anilines is 2. The number of pyridine rings is 1. The lowest BCUT2D eigenvalue weighted by Gasteiger charge is -2.33. The zero-order valence-corrected chi connectivity index (χ0v) is 17.8. The van der Waals surface area contributed by atoms with Crippen LogP contribution < -0.4 is 14.8 Å². The highest BCUT2D eigenvalue weighted by atomic mass is 16.2. The summed E-state index contributed by atoms with van der Waals surface area (Å²) in [4.78, 5) is 28.5. The fourth-order valence-corrected chi connectivity index (χ4v) is 4.18. The topological polar surface area (TPSA) is 53.3 Å². The molecule has 1 aliphatic rings. The van der Waals surface area contributed by atoms with Crippen molar-refractivity contribution >= 4 is 23.2 Å². The fourth-order valence-electron chi connectivity index (χ4n) is 4.18. The lowest BCUT2D eigenvalue weighted by Crippen LogP contribution is -2.58. The molecule has 1 aromatic heterocycles. The molecule has 0 saturated carbocycles. The van der Waals surface area contributed by atoms with Gasteiger partial charge in [0.2, 0.25) is 18.3 Å². The Morgan fingerprint density at radius 2 is 1.70 bits per heavy atom. The summed E-state index contributed by atoms with van der Waals surface area (Å²) in [5.74, 6) is -0.326. The molecule has 0 bridgehead atoms. The van der Waals surface area contributed by atoms with Crippen molar-refractivity contribution in [3.05, 3.63) is 88.7 Å². The van der Waals surface area contributed by atoms with Crippen molar-refractivity contribution in [3.63, 3.8) is 0 Å². The molecule has 0 saturated heterocycles. The van der Waals surface area contributed by atoms with Crippen LogP contribution >= 0.6 is 0 Å². The molecule has 0 spiro atoms. The molecule has 0 radical (unpaired) electrons. The van der Waals surface area contributed by atoms with Crippen LogP contribution in [0.5, 0.6) is 0 Å². The first kappa shape index (κ1) is 19.8. The Kier molecular flexibility index (Phi) is 5.12. The summed E-state index contributed by atoms with van der Waals surface area (Å²) in [7, 11) is 0. The molecule has 1 aliphatic heterocycles. The smallest absolute Gasteiger partial charge is 0.294 e. The second-order valence-corrected chi connectivity index (χ2v) is 7.97. The molecular weight excluding hydrogens is 374 g/mol. The summed E-state index contributed by atoms with van der Waals surface area (Å²) in [5.41, 5.74) is 6.42. The summed E-state index contributed by atoms with van der Waals surface area (Å²) < 4.78 is 1.86. The minimum Gasteiger partial charge on any atom is -0.323 e. The summed E-state index contributed by atoms with van der Waals surface area (Å²) >= 11 is 0. The van der Waals surface area contributed by atoms with Crippen molar-refractivity contribution in [1.29, 1.82) is 0 Å². The third-order valence-corrected chi connectivity index (χ3v) is 5.68. The monoisotopic (exact) mass is 400 g/mol. The lowest BCUT2D eigenvalue weighted by molar-refractivity contribution is -0.695. The highest BCUT2D eigenvalue weighted by molar-refractivity contribution is 6.06. The van der Waals surface area contributed by atoms with Crippen LogP contribution in [0.2, 0.25) is 0 Å². The van der Waals surface area contributed by atoms with Crippen LogP contribution in [0.25, 0.3) is 0 Å². The summed E-state index contributed by atoms with van der Waals surface area (Å²) in [5, 5.41) is 3.09. The van der Waals surface area contributed by atoms with E-state index >= 15 is 0 Å². The van der Waals surface area contributed by atoms with Gasteiger partial charge in [-0.3, -0.25) is 14.5 Å². The number of aryl methyl sites for hydroxylation is 4. The Bertz CT molecular complexity index is 1130. The number of hydrogen-bond donors (Lipinski definition) is 1. The van der Waals surface area contributed by atoms with E-state index in [0.29, 0.717) is 0 Å². The predicted octanol–water partition coefficient (Wildman–Crippen LogP) is 3.93. The number of fused-ring (bicyclic) bond motifs is 1. The number of hydrogen-bond acceptors (Lipinski definition) is 2. The highest BCUT2D eigenvalue weighted by Crippen LogP contribution is 2.33. The van der Waals surface area contributed by atoms with Gasteiger partial charge in [0.25, 0.3) is 11.8 Å².